The first-order chi connectivity index (χ1) is 12.6. The first-order valence-electron chi connectivity index (χ1n) is 9.20. The zero-order chi connectivity index (χ0) is 18.1. The van der Waals surface area contributed by atoms with Crippen LogP contribution in [0.2, 0.25) is 0 Å². The second kappa shape index (κ2) is 7.23. The molecule has 1 fully saturated rings. The van der Waals surface area contributed by atoms with Crippen molar-refractivity contribution in [2.24, 2.45) is 5.92 Å². The highest BCUT2D eigenvalue weighted by atomic mass is 32.2. The lowest BCUT2D eigenvalue weighted by Crippen LogP contribution is -2.44. The number of rotatable bonds is 4. The van der Waals surface area contributed by atoms with Crippen LogP contribution in [0.4, 0.5) is 0 Å². The molecule has 26 heavy (non-hydrogen) atoms. The number of hydrogen-bond acceptors (Lipinski definition) is 5. The molecule has 4 rings (SSSR count). The Kier molecular flexibility index (Phi) is 4.80. The molecule has 3 atom stereocenters. The zero-order valence-corrected chi connectivity index (χ0v) is 15.8. The second-order valence-corrected chi connectivity index (χ2v) is 8.41. The molecule has 0 aliphatic heterocycles. The maximum absolute atomic E-state index is 12.5. The Hall–Kier alpha value is -2.15. The van der Waals surface area contributed by atoms with E-state index in [1.807, 2.05) is 31.2 Å². The minimum atomic E-state index is -0.257. The summed E-state index contributed by atoms with van der Waals surface area (Å²) in [4.78, 5) is 20.4. The third-order valence-corrected chi connectivity index (χ3v) is 6.14. The fraction of sp³-hybridized carbons (Fsp3) is 0.474. The van der Waals surface area contributed by atoms with E-state index >= 15 is 0 Å². The highest BCUT2D eigenvalue weighted by Gasteiger charge is 2.25. The van der Waals surface area contributed by atoms with Crippen LogP contribution in [-0.4, -0.2) is 37.4 Å². The van der Waals surface area contributed by atoms with Gasteiger partial charge in [0.1, 0.15) is 5.52 Å². The number of hydrogen-bond donors (Lipinski definition) is 2. The molecule has 1 amide bonds. The van der Waals surface area contributed by atoms with Gasteiger partial charge in [-0.1, -0.05) is 49.7 Å². The van der Waals surface area contributed by atoms with Gasteiger partial charge in [0.05, 0.1) is 5.25 Å². The molecular formula is C19H23N5OS. The van der Waals surface area contributed by atoms with Crippen LogP contribution in [0.5, 0.6) is 0 Å². The summed E-state index contributed by atoms with van der Waals surface area (Å²) in [6.07, 6.45) is 4.72. The molecule has 1 saturated carbocycles. The molecule has 0 radical (unpaired) electrons. The lowest BCUT2D eigenvalue weighted by atomic mass is 9.86. The van der Waals surface area contributed by atoms with Crippen molar-refractivity contribution in [3.05, 3.63) is 24.3 Å². The Morgan fingerprint density at radius 2 is 2.08 bits per heavy atom. The summed E-state index contributed by atoms with van der Waals surface area (Å²) >= 11 is 1.35. The lowest BCUT2D eigenvalue weighted by molar-refractivity contribution is -0.121. The van der Waals surface area contributed by atoms with E-state index in [4.69, 9.17) is 0 Å². The third kappa shape index (κ3) is 3.40. The zero-order valence-electron chi connectivity index (χ0n) is 15.0. The number of benzene rings is 1. The van der Waals surface area contributed by atoms with Gasteiger partial charge in [0.25, 0.3) is 0 Å². The van der Waals surface area contributed by atoms with Crippen molar-refractivity contribution in [1.29, 1.82) is 0 Å². The highest BCUT2D eigenvalue weighted by Crippen LogP contribution is 2.27. The number of para-hydroxylation sites is 1. The summed E-state index contributed by atoms with van der Waals surface area (Å²) in [5.41, 5.74) is 2.46. The minimum absolute atomic E-state index is 0.0501. The van der Waals surface area contributed by atoms with Gasteiger partial charge in [-0.3, -0.25) is 4.79 Å². The largest absolute Gasteiger partial charge is 0.352 e. The molecule has 0 spiro atoms. The molecule has 3 aromatic rings. The number of nitrogens with one attached hydrogen (secondary N) is 2. The third-order valence-electron chi connectivity index (χ3n) is 5.19. The van der Waals surface area contributed by atoms with Crippen molar-refractivity contribution < 1.29 is 4.79 Å². The van der Waals surface area contributed by atoms with Gasteiger partial charge in [0.2, 0.25) is 11.1 Å². The van der Waals surface area contributed by atoms with E-state index in [1.165, 1.54) is 31.0 Å². The maximum Gasteiger partial charge on any atom is 0.233 e. The van der Waals surface area contributed by atoms with Gasteiger partial charge < -0.3 is 10.3 Å². The molecule has 0 bridgehead atoms. The Bertz CT molecular complexity index is 940. The van der Waals surface area contributed by atoms with Crippen LogP contribution in [0.1, 0.15) is 39.5 Å². The summed E-state index contributed by atoms with van der Waals surface area (Å²) in [5, 5.41) is 13.0. The van der Waals surface area contributed by atoms with Crippen molar-refractivity contribution in [3.63, 3.8) is 0 Å². The summed E-state index contributed by atoms with van der Waals surface area (Å²) in [7, 11) is 0. The van der Waals surface area contributed by atoms with Crippen LogP contribution in [0.15, 0.2) is 29.4 Å². The van der Waals surface area contributed by atoms with E-state index in [9.17, 15) is 4.79 Å². The van der Waals surface area contributed by atoms with E-state index in [-0.39, 0.29) is 17.2 Å². The predicted octanol–water partition coefficient (Wildman–Crippen LogP) is 3.68. The van der Waals surface area contributed by atoms with Gasteiger partial charge in [-0.05, 0) is 31.7 Å². The van der Waals surface area contributed by atoms with Gasteiger partial charge in [-0.2, -0.15) is 0 Å². The Labute approximate surface area is 156 Å². The number of carbonyl (C=O) groups is 1. The van der Waals surface area contributed by atoms with Crippen LogP contribution in [-0.2, 0) is 4.79 Å². The van der Waals surface area contributed by atoms with E-state index in [2.05, 4.69) is 32.4 Å². The Morgan fingerprint density at radius 3 is 2.92 bits per heavy atom. The first kappa shape index (κ1) is 17.3. The number of fused-ring (bicyclic) bond motifs is 3. The van der Waals surface area contributed by atoms with E-state index in [0.717, 1.165) is 22.8 Å². The molecule has 2 heterocycles. The van der Waals surface area contributed by atoms with Gasteiger partial charge in [-0.25, -0.2) is 4.98 Å². The average Bonchev–Trinajstić information content (AvgIpc) is 3.01. The SMILES string of the molecule is C[C@@H]1CCCC[C@@H]1NC(=O)[C@@H](C)Sc1nnc2c(n1)[nH]c1ccccc12. The number of H-pyrrole nitrogens is 1. The number of thioether (sulfide) groups is 1. The number of carbonyl (C=O) groups excluding carboxylic acids is 1. The van der Waals surface area contributed by atoms with Crippen LogP contribution in [0.3, 0.4) is 0 Å². The van der Waals surface area contributed by atoms with Crippen molar-refractivity contribution in [2.75, 3.05) is 0 Å². The molecule has 0 saturated heterocycles. The van der Waals surface area contributed by atoms with Crippen LogP contribution in [0, 0.1) is 5.92 Å². The number of aromatic amines is 1. The molecule has 7 heteroatoms. The van der Waals surface area contributed by atoms with Crippen LogP contribution in [0.25, 0.3) is 22.1 Å². The van der Waals surface area contributed by atoms with E-state index in [1.54, 1.807) is 0 Å². The average molecular weight is 369 g/mol. The van der Waals surface area contributed by atoms with Crippen molar-refractivity contribution >= 4 is 39.7 Å². The standard InChI is InChI=1S/C19H23N5OS/c1-11-7-3-5-9-14(11)21-18(25)12(2)26-19-22-17-16(23-24-19)13-8-4-6-10-15(13)20-17/h4,6,8,10-12,14H,3,5,7,9H2,1-2H3,(H,21,25)(H,20,22,24)/t11-,12-,14+/m1/s1. The van der Waals surface area contributed by atoms with E-state index < -0.39 is 0 Å². The number of nitrogens with zero attached hydrogens (tertiary/aromatic N) is 3. The smallest absolute Gasteiger partial charge is 0.233 e. The quantitative estimate of drug-likeness (QED) is 0.686. The molecule has 136 valence electrons. The normalized spacial score (nSPS) is 21.8. The van der Waals surface area contributed by atoms with Gasteiger partial charge >= 0.3 is 0 Å². The molecule has 2 aromatic heterocycles. The fourth-order valence-corrected chi connectivity index (χ4v) is 4.32. The monoisotopic (exact) mass is 369 g/mol. The van der Waals surface area contributed by atoms with Crippen LogP contribution >= 0.6 is 11.8 Å². The van der Waals surface area contributed by atoms with Gasteiger partial charge in [0.15, 0.2) is 5.65 Å². The molecule has 1 aliphatic carbocycles. The molecule has 1 aromatic carbocycles. The summed E-state index contributed by atoms with van der Waals surface area (Å²) in [6, 6.07) is 8.22. The number of aromatic nitrogens is 4. The van der Waals surface area contributed by atoms with Crippen LogP contribution < -0.4 is 5.32 Å². The number of amides is 1. The summed E-state index contributed by atoms with van der Waals surface area (Å²) in [5.74, 6) is 0.597. The molecule has 1 aliphatic rings. The lowest BCUT2D eigenvalue weighted by Gasteiger charge is -2.30. The molecule has 0 unspecified atom stereocenters. The Morgan fingerprint density at radius 1 is 1.27 bits per heavy atom. The van der Waals surface area contributed by atoms with Gasteiger partial charge in [-0.15, -0.1) is 10.2 Å². The molecular weight excluding hydrogens is 346 g/mol. The summed E-state index contributed by atoms with van der Waals surface area (Å²) in [6.45, 7) is 4.12. The van der Waals surface area contributed by atoms with Crippen molar-refractivity contribution in [1.82, 2.24) is 25.5 Å². The van der Waals surface area contributed by atoms with Crippen molar-refractivity contribution in [3.8, 4) is 0 Å². The first-order valence-corrected chi connectivity index (χ1v) is 10.1. The minimum Gasteiger partial charge on any atom is -0.352 e. The maximum atomic E-state index is 12.5. The molecule has 6 nitrogen and oxygen atoms in total. The highest BCUT2D eigenvalue weighted by molar-refractivity contribution is 8.00. The topological polar surface area (TPSA) is 83.6 Å². The van der Waals surface area contributed by atoms with E-state index in [0.29, 0.717) is 16.7 Å². The predicted molar refractivity (Wildman–Crippen MR) is 104 cm³/mol. The molecule has 2 N–H and O–H groups in total. The second-order valence-electron chi connectivity index (χ2n) is 7.10. The summed E-state index contributed by atoms with van der Waals surface area (Å²) < 4.78 is 0. The Balaban J connectivity index is 1.47. The van der Waals surface area contributed by atoms with Gasteiger partial charge in [0, 0.05) is 16.9 Å². The fourth-order valence-electron chi connectivity index (χ4n) is 3.60. The van der Waals surface area contributed by atoms with Crippen molar-refractivity contribution in [2.45, 2.75) is 56.0 Å².